The first-order valence-electron chi connectivity index (χ1n) is 4.39. The normalized spacial score (nSPS) is 10.9. The number of hydrogen-bond donors (Lipinski definition) is 0. The van der Waals surface area contributed by atoms with Crippen molar-refractivity contribution in [3.63, 3.8) is 0 Å². The number of hydrogen-bond acceptors (Lipinski definition) is 2. The van der Waals surface area contributed by atoms with Gasteiger partial charge >= 0.3 is 0 Å². The quantitative estimate of drug-likeness (QED) is 0.639. The Labute approximate surface area is 78.4 Å². The van der Waals surface area contributed by atoms with E-state index in [1.165, 1.54) is 4.88 Å². The van der Waals surface area contributed by atoms with Gasteiger partial charge in [0.1, 0.15) is 0 Å². The standard InChI is InChI=1S/C10H16OS/c1-9(2)8-11-6-5-10-4-3-7-12-10/h3-4,7,9H,5-6,8H2,1-2H3. The molecule has 1 heterocycles. The summed E-state index contributed by atoms with van der Waals surface area (Å²) in [6.45, 7) is 6.08. The Hall–Kier alpha value is -0.340. The van der Waals surface area contributed by atoms with Crippen molar-refractivity contribution in [2.45, 2.75) is 20.3 Å². The van der Waals surface area contributed by atoms with Gasteiger partial charge in [0.25, 0.3) is 0 Å². The van der Waals surface area contributed by atoms with E-state index in [9.17, 15) is 0 Å². The van der Waals surface area contributed by atoms with Gasteiger partial charge in [0.15, 0.2) is 0 Å². The van der Waals surface area contributed by atoms with Crippen molar-refractivity contribution in [1.82, 2.24) is 0 Å². The van der Waals surface area contributed by atoms with Gasteiger partial charge in [-0.3, -0.25) is 0 Å². The lowest BCUT2D eigenvalue weighted by atomic mass is 10.2. The van der Waals surface area contributed by atoms with Gasteiger partial charge in [0.2, 0.25) is 0 Å². The summed E-state index contributed by atoms with van der Waals surface area (Å²) < 4.78 is 5.48. The predicted molar refractivity (Wildman–Crippen MR) is 53.7 cm³/mol. The van der Waals surface area contributed by atoms with Crippen LogP contribution < -0.4 is 0 Å². The van der Waals surface area contributed by atoms with Crippen LogP contribution in [0, 0.1) is 5.92 Å². The van der Waals surface area contributed by atoms with Crippen molar-refractivity contribution in [2.24, 2.45) is 5.92 Å². The zero-order valence-corrected chi connectivity index (χ0v) is 8.56. The van der Waals surface area contributed by atoms with Gasteiger partial charge in [-0.15, -0.1) is 11.3 Å². The van der Waals surface area contributed by atoms with Crippen LogP contribution in [0.15, 0.2) is 17.5 Å². The summed E-state index contributed by atoms with van der Waals surface area (Å²) in [5, 5.41) is 2.11. The summed E-state index contributed by atoms with van der Waals surface area (Å²) >= 11 is 1.80. The third-order valence-corrected chi connectivity index (χ3v) is 2.46. The lowest BCUT2D eigenvalue weighted by Gasteiger charge is -2.05. The molecular formula is C10H16OS. The van der Waals surface area contributed by atoms with Crippen molar-refractivity contribution >= 4 is 11.3 Å². The number of ether oxygens (including phenoxy) is 1. The first-order valence-corrected chi connectivity index (χ1v) is 5.27. The fraction of sp³-hybridized carbons (Fsp3) is 0.600. The molecule has 1 aromatic rings. The molecule has 1 aromatic heterocycles. The minimum Gasteiger partial charge on any atom is -0.381 e. The molecule has 0 radical (unpaired) electrons. The minimum absolute atomic E-state index is 0.647. The van der Waals surface area contributed by atoms with Crippen LogP contribution in [0.3, 0.4) is 0 Å². The molecule has 1 nitrogen and oxygen atoms in total. The molecule has 0 saturated heterocycles. The molecule has 0 aliphatic carbocycles. The van der Waals surface area contributed by atoms with Crippen LogP contribution >= 0.6 is 11.3 Å². The molecule has 2 heteroatoms. The third-order valence-electron chi connectivity index (χ3n) is 1.52. The highest BCUT2D eigenvalue weighted by Gasteiger charge is 1.95. The van der Waals surface area contributed by atoms with Crippen LogP contribution in [-0.2, 0) is 11.2 Å². The van der Waals surface area contributed by atoms with Crippen LogP contribution in [-0.4, -0.2) is 13.2 Å². The van der Waals surface area contributed by atoms with Crippen molar-refractivity contribution in [3.8, 4) is 0 Å². The van der Waals surface area contributed by atoms with Crippen LogP contribution in [0.25, 0.3) is 0 Å². The number of rotatable bonds is 5. The molecule has 0 fully saturated rings. The first kappa shape index (κ1) is 9.75. The highest BCUT2D eigenvalue weighted by molar-refractivity contribution is 7.09. The Bertz CT molecular complexity index is 192. The van der Waals surface area contributed by atoms with Crippen LogP contribution in [0.1, 0.15) is 18.7 Å². The molecular weight excluding hydrogens is 168 g/mol. The maximum absolute atomic E-state index is 5.48. The summed E-state index contributed by atoms with van der Waals surface area (Å²) in [6, 6.07) is 4.24. The Morgan fingerprint density at radius 3 is 2.92 bits per heavy atom. The molecule has 0 aliphatic rings. The molecule has 1 rings (SSSR count). The summed E-state index contributed by atoms with van der Waals surface area (Å²) in [6.07, 6.45) is 1.06. The molecule has 0 amide bonds. The molecule has 0 N–H and O–H groups in total. The summed E-state index contributed by atoms with van der Waals surface area (Å²) in [5.41, 5.74) is 0. The second-order valence-corrected chi connectivity index (χ2v) is 4.33. The Morgan fingerprint density at radius 1 is 1.50 bits per heavy atom. The summed E-state index contributed by atoms with van der Waals surface area (Å²) in [5.74, 6) is 0.647. The molecule has 0 spiro atoms. The Balaban J connectivity index is 2.04. The largest absolute Gasteiger partial charge is 0.381 e. The van der Waals surface area contributed by atoms with Crippen molar-refractivity contribution in [3.05, 3.63) is 22.4 Å². The highest BCUT2D eigenvalue weighted by atomic mass is 32.1. The fourth-order valence-electron chi connectivity index (χ4n) is 0.947. The molecule has 0 bridgehead atoms. The van der Waals surface area contributed by atoms with Crippen LogP contribution in [0.5, 0.6) is 0 Å². The van der Waals surface area contributed by atoms with E-state index in [-0.39, 0.29) is 0 Å². The van der Waals surface area contributed by atoms with Crippen LogP contribution in [0.4, 0.5) is 0 Å². The van der Waals surface area contributed by atoms with Crippen molar-refractivity contribution in [1.29, 1.82) is 0 Å². The average molecular weight is 184 g/mol. The maximum Gasteiger partial charge on any atom is 0.0514 e. The fourth-order valence-corrected chi connectivity index (χ4v) is 1.64. The van der Waals surface area contributed by atoms with E-state index in [0.717, 1.165) is 19.6 Å². The van der Waals surface area contributed by atoms with Gasteiger partial charge in [-0.2, -0.15) is 0 Å². The van der Waals surface area contributed by atoms with Gasteiger partial charge in [-0.05, 0) is 17.4 Å². The van der Waals surface area contributed by atoms with Crippen molar-refractivity contribution in [2.75, 3.05) is 13.2 Å². The highest BCUT2D eigenvalue weighted by Crippen LogP contribution is 2.09. The molecule has 12 heavy (non-hydrogen) atoms. The maximum atomic E-state index is 5.48. The average Bonchev–Trinajstić information content (AvgIpc) is 2.49. The minimum atomic E-state index is 0.647. The number of thiophene rings is 1. The molecule has 0 aliphatic heterocycles. The second-order valence-electron chi connectivity index (χ2n) is 3.30. The van der Waals surface area contributed by atoms with E-state index in [0.29, 0.717) is 5.92 Å². The van der Waals surface area contributed by atoms with Gasteiger partial charge in [-0.25, -0.2) is 0 Å². The van der Waals surface area contributed by atoms with Crippen LogP contribution in [0.2, 0.25) is 0 Å². The van der Waals surface area contributed by atoms with Gasteiger partial charge in [0.05, 0.1) is 6.61 Å². The monoisotopic (exact) mass is 184 g/mol. The van der Waals surface area contributed by atoms with Gasteiger partial charge in [0, 0.05) is 17.9 Å². The van der Waals surface area contributed by atoms with E-state index in [4.69, 9.17) is 4.74 Å². The van der Waals surface area contributed by atoms with E-state index in [1.54, 1.807) is 11.3 Å². The molecule has 0 aromatic carbocycles. The predicted octanol–water partition coefficient (Wildman–Crippen LogP) is 2.96. The lowest BCUT2D eigenvalue weighted by Crippen LogP contribution is -2.04. The Kier molecular flexibility index (Phi) is 4.33. The second kappa shape index (κ2) is 5.33. The third kappa shape index (κ3) is 3.88. The van der Waals surface area contributed by atoms with Gasteiger partial charge < -0.3 is 4.74 Å². The first-order chi connectivity index (χ1) is 5.79. The Morgan fingerprint density at radius 2 is 2.33 bits per heavy atom. The van der Waals surface area contributed by atoms with Crippen molar-refractivity contribution < 1.29 is 4.74 Å². The van der Waals surface area contributed by atoms with E-state index >= 15 is 0 Å². The molecule has 0 atom stereocenters. The SMILES string of the molecule is CC(C)COCCc1cccs1. The summed E-state index contributed by atoms with van der Waals surface area (Å²) in [4.78, 5) is 1.42. The molecule has 68 valence electrons. The van der Waals surface area contributed by atoms with E-state index in [2.05, 4.69) is 31.4 Å². The van der Waals surface area contributed by atoms with E-state index < -0.39 is 0 Å². The smallest absolute Gasteiger partial charge is 0.0514 e. The lowest BCUT2D eigenvalue weighted by molar-refractivity contribution is 0.113. The molecule has 0 saturated carbocycles. The molecule has 0 unspecified atom stereocenters. The zero-order chi connectivity index (χ0) is 8.81. The zero-order valence-electron chi connectivity index (χ0n) is 7.75. The van der Waals surface area contributed by atoms with E-state index in [1.807, 2.05) is 0 Å². The summed E-state index contributed by atoms with van der Waals surface area (Å²) in [7, 11) is 0. The van der Waals surface area contributed by atoms with Gasteiger partial charge in [-0.1, -0.05) is 19.9 Å². The topological polar surface area (TPSA) is 9.23 Å².